The number of nitrogens with one attached hydrogen (secondary N) is 1. The van der Waals surface area contributed by atoms with E-state index in [-0.39, 0.29) is 17.7 Å². The molecule has 0 saturated heterocycles. The van der Waals surface area contributed by atoms with Gasteiger partial charge in [-0.05, 0) is 18.6 Å². The van der Waals surface area contributed by atoms with Gasteiger partial charge in [-0.2, -0.15) is 4.57 Å². The average molecular weight is 283 g/mol. The lowest BCUT2D eigenvalue weighted by Crippen LogP contribution is -2.46. The Bertz CT molecular complexity index is 638. The maximum Gasteiger partial charge on any atom is 0.289 e. The lowest BCUT2D eigenvalue weighted by Gasteiger charge is -2.09. The van der Waals surface area contributed by atoms with E-state index in [2.05, 4.69) is 5.32 Å². The van der Waals surface area contributed by atoms with Gasteiger partial charge in [0.15, 0.2) is 18.2 Å². The third kappa shape index (κ3) is 3.99. The van der Waals surface area contributed by atoms with Gasteiger partial charge in [0, 0.05) is 19.5 Å². The number of amides is 1. The van der Waals surface area contributed by atoms with Crippen LogP contribution in [0.15, 0.2) is 54.9 Å². The first-order valence-corrected chi connectivity index (χ1v) is 6.91. The molecular weight excluding hydrogens is 264 g/mol. The summed E-state index contributed by atoms with van der Waals surface area (Å²) in [7, 11) is 0. The van der Waals surface area contributed by atoms with Crippen LogP contribution in [0.25, 0.3) is 0 Å². The summed E-state index contributed by atoms with van der Waals surface area (Å²) in [5.74, 6) is -0.0919. The van der Waals surface area contributed by atoms with Crippen LogP contribution in [0.3, 0.4) is 0 Å². The van der Waals surface area contributed by atoms with Crippen molar-refractivity contribution in [2.24, 2.45) is 0 Å². The minimum absolute atomic E-state index is 0.0127. The largest absolute Gasteiger partial charge is 0.346 e. The number of hydrogen-bond donors (Lipinski definition) is 1. The fraction of sp³-hybridized carbons (Fsp3) is 0.235. The number of rotatable bonds is 5. The predicted molar refractivity (Wildman–Crippen MR) is 79.6 cm³/mol. The van der Waals surface area contributed by atoms with Crippen molar-refractivity contribution < 1.29 is 14.2 Å². The van der Waals surface area contributed by atoms with E-state index >= 15 is 0 Å². The molecule has 4 nitrogen and oxygen atoms in total. The molecule has 1 amide bonds. The Morgan fingerprint density at radius 3 is 2.52 bits per heavy atom. The SMILES string of the molecule is CC(=O)c1ccc[n+]([C@H](C)C(=O)NCc2ccccc2)c1. The Hall–Kier alpha value is -2.49. The number of nitrogens with zero attached hydrogens (tertiary/aromatic N) is 1. The highest BCUT2D eigenvalue weighted by Gasteiger charge is 2.22. The number of pyridine rings is 1. The molecule has 1 heterocycles. The zero-order valence-corrected chi connectivity index (χ0v) is 12.2. The summed E-state index contributed by atoms with van der Waals surface area (Å²) in [5.41, 5.74) is 1.65. The fourth-order valence-corrected chi connectivity index (χ4v) is 2.01. The molecule has 0 radical (unpaired) electrons. The third-order valence-corrected chi connectivity index (χ3v) is 3.36. The molecule has 0 spiro atoms. The summed E-state index contributed by atoms with van der Waals surface area (Å²) >= 11 is 0. The number of aromatic nitrogens is 1. The monoisotopic (exact) mass is 283 g/mol. The van der Waals surface area contributed by atoms with Crippen LogP contribution in [0.2, 0.25) is 0 Å². The van der Waals surface area contributed by atoms with Crippen molar-refractivity contribution >= 4 is 11.7 Å². The molecule has 0 saturated carbocycles. The molecular formula is C17H19N2O2+. The summed E-state index contributed by atoms with van der Waals surface area (Å²) in [4.78, 5) is 23.6. The maximum atomic E-state index is 12.2. The molecule has 0 aliphatic carbocycles. The van der Waals surface area contributed by atoms with E-state index < -0.39 is 0 Å². The molecule has 1 N–H and O–H groups in total. The van der Waals surface area contributed by atoms with Crippen LogP contribution in [0.5, 0.6) is 0 Å². The van der Waals surface area contributed by atoms with E-state index in [4.69, 9.17) is 0 Å². The maximum absolute atomic E-state index is 12.2. The molecule has 0 aliphatic heterocycles. The van der Waals surface area contributed by atoms with Crippen molar-refractivity contribution in [2.75, 3.05) is 0 Å². The Balaban J connectivity index is 2.02. The van der Waals surface area contributed by atoms with E-state index in [1.54, 1.807) is 29.1 Å². The van der Waals surface area contributed by atoms with Gasteiger partial charge in [0.2, 0.25) is 6.04 Å². The van der Waals surface area contributed by atoms with Crippen LogP contribution in [0.4, 0.5) is 0 Å². The third-order valence-electron chi connectivity index (χ3n) is 3.36. The van der Waals surface area contributed by atoms with Crippen molar-refractivity contribution in [1.29, 1.82) is 0 Å². The molecule has 4 heteroatoms. The first-order valence-electron chi connectivity index (χ1n) is 6.91. The van der Waals surface area contributed by atoms with Crippen molar-refractivity contribution in [1.82, 2.24) is 5.32 Å². The molecule has 2 aromatic rings. The lowest BCUT2D eigenvalue weighted by atomic mass is 10.2. The number of hydrogen-bond acceptors (Lipinski definition) is 2. The van der Waals surface area contributed by atoms with Gasteiger partial charge in [-0.25, -0.2) is 0 Å². The first-order chi connectivity index (χ1) is 10.1. The highest BCUT2D eigenvalue weighted by Crippen LogP contribution is 2.02. The smallest absolute Gasteiger partial charge is 0.289 e. The van der Waals surface area contributed by atoms with E-state index in [0.717, 1.165) is 5.56 Å². The zero-order valence-electron chi connectivity index (χ0n) is 12.2. The number of Topliss-reactive ketones (excluding diaryl/α,β-unsaturated/α-hetero) is 1. The Kier molecular flexibility index (Phi) is 4.82. The van der Waals surface area contributed by atoms with E-state index in [9.17, 15) is 9.59 Å². The van der Waals surface area contributed by atoms with E-state index in [1.165, 1.54) is 6.92 Å². The minimum Gasteiger partial charge on any atom is -0.346 e. The van der Waals surface area contributed by atoms with Gasteiger partial charge >= 0.3 is 0 Å². The second-order valence-corrected chi connectivity index (χ2v) is 4.98. The molecule has 0 fully saturated rings. The van der Waals surface area contributed by atoms with Crippen molar-refractivity contribution in [3.63, 3.8) is 0 Å². The molecule has 108 valence electrons. The Labute approximate surface area is 124 Å². The van der Waals surface area contributed by atoms with E-state index in [0.29, 0.717) is 12.1 Å². The van der Waals surface area contributed by atoms with Crippen molar-refractivity contribution in [3.8, 4) is 0 Å². The molecule has 1 aromatic carbocycles. The lowest BCUT2D eigenvalue weighted by molar-refractivity contribution is -0.706. The van der Waals surface area contributed by atoms with Gasteiger partial charge in [-0.3, -0.25) is 9.59 Å². The first kappa shape index (κ1) is 14.9. The van der Waals surface area contributed by atoms with Crippen molar-refractivity contribution in [3.05, 3.63) is 66.0 Å². The molecule has 21 heavy (non-hydrogen) atoms. The molecule has 0 unspecified atom stereocenters. The fourth-order valence-electron chi connectivity index (χ4n) is 2.01. The normalized spacial score (nSPS) is 11.7. The van der Waals surface area contributed by atoms with Gasteiger partial charge < -0.3 is 5.32 Å². The van der Waals surface area contributed by atoms with E-state index in [1.807, 2.05) is 37.3 Å². The number of ketones is 1. The molecule has 1 atom stereocenters. The molecule has 1 aromatic heterocycles. The minimum atomic E-state index is -0.368. The number of carbonyl (C=O) groups excluding carboxylic acids is 2. The standard InChI is InChI=1S/C17H18N2O2/c1-13(19-10-6-9-16(12-19)14(2)20)17(21)18-11-15-7-4-3-5-8-15/h3-10,12-13H,11H2,1-2H3/p+1/t13-/m1/s1. The summed E-state index contributed by atoms with van der Waals surface area (Å²) in [5, 5.41) is 2.90. The van der Waals surface area contributed by atoms with Gasteiger partial charge in [0.25, 0.3) is 5.91 Å². The molecule has 0 bridgehead atoms. The van der Waals surface area contributed by atoms with Gasteiger partial charge in [-0.15, -0.1) is 0 Å². The molecule has 2 rings (SSSR count). The second-order valence-electron chi connectivity index (χ2n) is 4.98. The topological polar surface area (TPSA) is 50.0 Å². The Morgan fingerprint density at radius 2 is 1.86 bits per heavy atom. The predicted octanol–water partition coefficient (Wildman–Crippen LogP) is 2.05. The van der Waals surface area contributed by atoms with Crippen LogP contribution in [-0.4, -0.2) is 11.7 Å². The van der Waals surface area contributed by atoms with Crippen LogP contribution in [0.1, 0.15) is 35.8 Å². The second kappa shape index (κ2) is 6.79. The number of benzene rings is 1. The van der Waals surface area contributed by atoms with Gasteiger partial charge in [0.1, 0.15) is 0 Å². The number of carbonyl (C=O) groups is 2. The summed E-state index contributed by atoms with van der Waals surface area (Å²) < 4.78 is 1.75. The summed E-state index contributed by atoms with van der Waals surface area (Å²) in [6, 6.07) is 12.9. The zero-order chi connectivity index (χ0) is 15.2. The summed E-state index contributed by atoms with van der Waals surface area (Å²) in [6.45, 7) is 3.82. The van der Waals surface area contributed by atoms with Crippen LogP contribution in [0, 0.1) is 0 Å². The van der Waals surface area contributed by atoms with Gasteiger partial charge in [0.05, 0.1) is 5.56 Å². The summed E-state index contributed by atoms with van der Waals surface area (Å²) in [6.07, 6.45) is 3.49. The molecule has 0 aliphatic rings. The average Bonchev–Trinajstić information content (AvgIpc) is 2.53. The highest BCUT2D eigenvalue weighted by atomic mass is 16.2. The van der Waals surface area contributed by atoms with Gasteiger partial charge in [-0.1, -0.05) is 30.3 Å². The van der Waals surface area contributed by atoms with Crippen molar-refractivity contribution in [2.45, 2.75) is 26.4 Å². The quantitative estimate of drug-likeness (QED) is 0.674. The Morgan fingerprint density at radius 1 is 1.14 bits per heavy atom. The highest BCUT2D eigenvalue weighted by molar-refractivity contribution is 5.93. The van der Waals surface area contributed by atoms with Crippen LogP contribution < -0.4 is 9.88 Å². The van der Waals surface area contributed by atoms with Crippen LogP contribution in [-0.2, 0) is 11.3 Å². The van der Waals surface area contributed by atoms with Crippen LogP contribution >= 0.6 is 0 Å².